The van der Waals surface area contributed by atoms with E-state index in [0.29, 0.717) is 6.54 Å². The second-order valence-corrected chi connectivity index (χ2v) is 8.04. The number of hydrogen-bond acceptors (Lipinski definition) is 5. The van der Waals surface area contributed by atoms with E-state index >= 15 is 0 Å². The van der Waals surface area contributed by atoms with Crippen LogP contribution < -0.4 is 5.32 Å². The van der Waals surface area contributed by atoms with E-state index in [-0.39, 0.29) is 6.09 Å². The van der Waals surface area contributed by atoms with Crippen molar-refractivity contribution in [1.29, 1.82) is 0 Å². The molecule has 0 aromatic carbocycles. The molecule has 0 radical (unpaired) electrons. The molecule has 0 unspecified atom stereocenters. The van der Waals surface area contributed by atoms with Gasteiger partial charge in [-0.3, -0.25) is 0 Å². The quantitative estimate of drug-likeness (QED) is 0.484. The molecular formula is C16H26N2O2S2. The summed E-state index contributed by atoms with van der Waals surface area (Å²) in [4.78, 5) is 15.8. The smallest absolute Gasteiger partial charge is 0.407 e. The lowest BCUT2D eigenvalue weighted by Crippen LogP contribution is -2.35. The van der Waals surface area contributed by atoms with E-state index in [4.69, 9.17) is 4.74 Å². The average Bonchev–Trinajstić information content (AvgIpc) is 2.49. The highest BCUT2D eigenvalue weighted by atomic mass is 33.1. The summed E-state index contributed by atoms with van der Waals surface area (Å²) in [6.07, 6.45) is 5.44. The van der Waals surface area contributed by atoms with Gasteiger partial charge in [0.2, 0.25) is 0 Å². The number of aromatic nitrogens is 1. The Kier molecular flexibility index (Phi) is 9.39. The third-order valence-electron chi connectivity index (χ3n) is 2.93. The molecule has 0 saturated heterocycles. The van der Waals surface area contributed by atoms with Gasteiger partial charge < -0.3 is 10.1 Å². The summed E-state index contributed by atoms with van der Waals surface area (Å²) < 4.78 is 5.44. The van der Waals surface area contributed by atoms with Crippen molar-refractivity contribution in [2.24, 2.45) is 0 Å². The first-order chi connectivity index (χ1) is 10.5. The first kappa shape index (κ1) is 19.2. The molecule has 0 aliphatic heterocycles. The van der Waals surface area contributed by atoms with Crippen LogP contribution in [0.15, 0.2) is 29.4 Å². The highest BCUT2D eigenvalue weighted by Gasteiger charge is 2.21. The maximum absolute atomic E-state index is 11.6. The minimum atomic E-state index is -0.406. The molecule has 1 aromatic rings. The largest absolute Gasteiger partial charge is 0.444 e. The fourth-order valence-corrected chi connectivity index (χ4v) is 3.80. The molecule has 0 aliphatic carbocycles. The molecule has 0 saturated carbocycles. The summed E-state index contributed by atoms with van der Waals surface area (Å²) in [5, 5.41) is 3.79. The molecule has 1 amide bonds. The van der Waals surface area contributed by atoms with Crippen molar-refractivity contribution in [3.63, 3.8) is 0 Å². The van der Waals surface area contributed by atoms with Gasteiger partial charge >= 0.3 is 6.09 Å². The minimum Gasteiger partial charge on any atom is -0.444 e. The number of ether oxygens (including phenoxy) is 1. The van der Waals surface area contributed by atoms with Crippen LogP contribution in [0.4, 0.5) is 4.79 Å². The van der Waals surface area contributed by atoms with Gasteiger partial charge in [-0.25, -0.2) is 9.78 Å². The van der Waals surface area contributed by atoms with Crippen LogP contribution in [0.3, 0.4) is 0 Å². The van der Waals surface area contributed by atoms with Gasteiger partial charge in [-0.15, -0.1) is 0 Å². The number of nitrogens with one attached hydrogen (secondary N) is 1. The summed E-state index contributed by atoms with van der Waals surface area (Å²) in [6.45, 7) is 6.62. The lowest BCUT2D eigenvalue weighted by atomic mass is 10.0. The molecule has 0 bridgehead atoms. The minimum absolute atomic E-state index is 0.313. The van der Waals surface area contributed by atoms with Crippen molar-refractivity contribution in [2.45, 2.75) is 57.1 Å². The Morgan fingerprint density at radius 3 is 2.86 bits per heavy atom. The summed E-state index contributed by atoms with van der Waals surface area (Å²) >= 11 is 0. The Morgan fingerprint density at radius 1 is 1.36 bits per heavy atom. The van der Waals surface area contributed by atoms with Crippen LogP contribution in [0.25, 0.3) is 0 Å². The molecule has 4 nitrogen and oxygen atoms in total. The summed E-state index contributed by atoms with van der Waals surface area (Å²) in [7, 11) is 3.52. The highest BCUT2D eigenvalue weighted by molar-refractivity contribution is 8.76. The predicted octanol–water partition coefficient (Wildman–Crippen LogP) is 4.91. The number of unbranched alkanes of at least 4 members (excludes halogenated alkanes) is 1. The van der Waals surface area contributed by atoms with Crippen molar-refractivity contribution in [1.82, 2.24) is 10.3 Å². The van der Waals surface area contributed by atoms with Crippen molar-refractivity contribution in [2.75, 3.05) is 12.3 Å². The SMILES string of the molecule is CCCNC(=O)OC(C)(C)CCCCSSc1ccccn1. The summed E-state index contributed by atoms with van der Waals surface area (Å²) in [5.41, 5.74) is -0.406. The summed E-state index contributed by atoms with van der Waals surface area (Å²) in [6, 6.07) is 5.94. The molecule has 6 heteroatoms. The molecule has 0 aliphatic rings. The molecule has 0 atom stereocenters. The second kappa shape index (κ2) is 10.8. The molecule has 1 aromatic heterocycles. The topological polar surface area (TPSA) is 51.2 Å². The lowest BCUT2D eigenvalue weighted by Gasteiger charge is -2.25. The standard InChI is InChI=1S/C16H26N2O2S2/c1-4-11-18-15(19)20-16(2,3)10-6-8-13-21-22-14-9-5-7-12-17-14/h5,7,9,12H,4,6,8,10-11,13H2,1-3H3,(H,18,19). The zero-order chi connectivity index (χ0) is 16.3. The fourth-order valence-electron chi connectivity index (χ4n) is 1.78. The molecule has 124 valence electrons. The number of pyridine rings is 1. The maximum atomic E-state index is 11.6. The van der Waals surface area contributed by atoms with Crippen LogP contribution >= 0.6 is 21.6 Å². The second-order valence-electron chi connectivity index (χ2n) is 5.61. The average molecular weight is 343 g/mol. The van der Waals surface area contributed by atoms with E-state index in [2.05, 4.69) is 10.3 Å². The van der Waals surface area contributed by atoms with Gasteiger partial charge in [0, 0.05) is 18.5 Å². The van der Waals surface area contributed by atoms with Gasteiger partial charge in [-0.1, -0.05) is 23.8 Å². The van der Waals surface area contributed by atoms with Gasteiger partial charge in [-0.05, 0) is 62.5 Å². The van der Waals surface area contributed by atoms with Gasteiger partial charge in [0.1, 0.15) is 10.6 Å². The summed E-state index contributed by atoms with van der Waals surface area (Å²) in [5.74, 6) is 1.07. The molecule has 1 rings (SSSR count). The monoisotopic (exact) mass is 342 g/mol. The van der Waals surface area contributed by atoms with Crippen LogP contribution in [0.5, 0.6) is 0 Å². The Labute approximate surface area is 141 Å². The first-order valence-corrected chi connectivity index (χ1v) is 10.0. The number of nitrogens with zero attached hydrogens (tertiary/aromatic N) is 1. The van der Waals surface area contributed by atoms with Gasteiger partial charge in [0.05, 0.1) is 0 Å². The Bertz CT molecular complexity index is 427. The van der Waals surface area contributed by atoms with Gasteiger partial charge in [-0.2, -0.15) is 0 Å². The van der Waals surface area contributed by atoms with Crippen molar-refractivity contribution < 1.29 is 9.53 Å². The molecule has 22 heavy (non-hydrogen) atoms. The number of amides is 1. The van der Waals surface area contributed by atoms with Crippen molar-refractivity contribution in [3.8, 4) is 0 Å². The lowest BCUT2D eigenvalue weighted by molar-refractivity contribution is 0.0313. The van der Waals surface area contributed by atoms with E-state index in [9.17, 15) is 4.79 Å². The number of rotatable bonds is 10. The van der Waals surface area contributed by atoms with Crippen LogP contribution in [0, 0.1) is 0 Å². The normalized spacial score (nSPS) is 11.2. The van der Waals surface area contributed by atoms with Crippen LogP contribution in [-0.4, -0.2) is 29.0 Å². The highest BCUT2D eigenvalue weighted by Crippen LogP contribution is 2.30. The Balaban J connectivity index is 2.08. The van der Waals surface area contributed by atoms with Crippen molar-refractivity contribution in [3.05, 3.63) is 24.4 Å². The molecule has 0 spiro atoms. The van der Waals surface area contributed by atoms with Crippen LogP contribution in [0.2, 0.25) is 0 Å². The molecule has 0 fully saturated rings. The van der Waals surface area contributed by atoms with Gasteiger partial charge in [0.25, 0.3) is 0 Å². The maximum Gasteiger partial charge on any atom is 0.407 e. The third-order valence-corrected chi connectivity index (χ3v) is 5.28. The molecule has 1 heterocycles. The number of carbonyl (C=O) groups is 1. The first-order valence-electron chi connectivity index (χ1n) is 7.71. The zero-order valence-electron chi connectivity index (χ0n) is 13.6. The van der Waals surface area contributed by atoms with E-state index < -0.39 is 5.60 Å². The zero-order valence-corrected chi connectivity index (χ0v) is 15.3. The Hall–Kier alpha value is -0.880. The molecular weight excluding hydrogens is 316 g/mol. The number of alkyl carbamates (subject to hydrolysis) is 1. The van der Waals surface area contributed by atoms with E-state index in [1.54, 1.807) is 10.8 Å². The predicted molar refractivity (Wildman–Crippen MR) is 95.3 cm³/mol. The Morgan fingerprint density at radius 2 is 2.18 bits per heavy atom. The number of carbonyl (C=O) groups excluding carboxylic acids is 1. The van der Waals surface area contributed by atoms with Crippen molar-refractivity contribution >= 4 is 27.7 Å². The third kappa shape index (κ3) is 9.20. The molecule has 1 N–H and O–H groups in total. The van der Waals surface area contributed by atoms with Crippen LogP contribution in [0.1, 0.15) is 46.5 Å². The van der Waals surface area contributed by atoms with Crippen LogP contribution in [-0.2, 0) is 4.74 Å². The van der Waals surface area contributed by atoms with E-state index in [0.717, 1.165) is 36.5 Å². The van der Waals surface area contributed by atoms with Gasteiger partial charge in [0.15, 0.2) is 0 Å². The van der Waals surface area contributed by atoms with E-state index in [1.807, 2.05) is 56.0 Å². The fraction of sp³-hybridized carbons (Fsp3) is 0.625. The number of hydrogen-bond donors (Lipinski definition) is 1. The van der Waals surface area contributed by atoms with E-state index in [1.165, 1.54) is 0 Å².